The van der Waals surface area contributed by atoms with Crippen molar-refractivity contribution in [1.29, 1.82) is 0 Å². The van der Waals surface area contributed by atoms with Gasteiger partial charge in [0.25, 0.3) is 0 Å². The Hall–Kier alpha value is -1.12. The number of benzene rings is 1. The second-order valence-electron chi connectivity index (χ2n) is 3.37. The zero-order chi connectivity index (χ0) is 13.9. The van der Waals surface area contributed by atoms with E-state index >= 15 is 0 Å². The quantitative estimate of drug-likeness (QED) is 0.495. The molecule has 0 amide bonds. The van der Waals surface area contributed by atoms with E-state index in [9.17, 15) is 22.4 Å². The largest absolute Gasteiger partial charge is 0.481 e. The average molecular weight is 374 g/mol. The van der Waals surface area contributed by atoms with Gasteiger partial charge in [-0.05, 0) is 10.5 Å². The summed E-state index contributed by atoms with van der Waals surface area (Å²) in [5.41, 5.74) is -1.10. The standard InChI is InChI=1S/C11H7F4IO2/c12-6-4-7(13)10(15)8(9(6)14)5(11(17)18)2-1-3-16/h1,3-5H,2H2,(H,17,18)/b3-1-. The predicted octanol–water partition coefficient (Wildman–Crippen LogP) is 3.75. The van der Waals surface area contributed by atoms with Gasteiger partial charge in [-0.15, -0.1) is 0 Å². The van der Waals surface area contributed by atoms with E-state index in [0.29, 0.717) is 0 Å². The molecule has 0 aliphatic heterocycles. The molecule has 1 rings (SSSR count). The molecule has 0 aliphatic rings. The summed E-state index contributed by atoms with van der Waals surface area (Å²) in [6, 6.07) is 0.0429. The Morgan fingerprint density at radius 3 is 2.17 bits per heavy atom. The van der Waals surface area contributed by atoms with E-state index in [2.05, 4.69) is 0 Å². The predicted molar refractivity (Wildman–Crippen MR) is 64.4 cm³/mol. The highest BCUT2D eigenvalue weighted by Gasteiger charge is 2.30. The van der Waals surface area contributed by atoms with Crippen LogP contribution >= 0.6 is 22.6 Å². The van der Waals surface area contributed by atoms with Crippen LogP contribution in [0.3, 0.4) is 0 Å². The molecular formula is C11H7F4IO2. The van der Waals surface area contributed by atoms with Crippen molar-refractivity contribution in [2.45, 2.75) is 12.3 Å². The minimum atomic E-state index is -1.68. The number of hydrogen-bond donors (Lipinski definition) is 1. The summed E-state index contributed by atoms with van der Waals surface area (Å²) in [6.07, 6.45) is 1.07. The highest BCUT2D eigenvalue weighted by Crippen LogP contribution is 2.29. The topological polar surface area (TPSA) is 37.3 Å². The Kier molecular flexibility index (Phi) is 5.12. The maximum Gasteiger partial charge on any atom is 0.311 e. The van der Waals surface area contributed by atoms with Crippen LogP contribution in [0.25, 0.3) is 0 Å². The SMILES string of the molecule is O=C(O)C(C/C=C\I)c1c(F)c(F)cc(F)c1F. The van der Waals surface area contributed by atoms with Crippen molar-refractivity contribution in [2.24, 2.45) is 0 Å². The van der Waals surface area contributed by atoms with Crippen molar-refractivity contribution >= 4 is 28.6 Å². The molecule has 0 bridgehead atoms. The highest BCUT2D eigenvalue weighted by molar-refractivity contribution is 14.1. The highest BCUT2D eigenvalue weighted by atomic mass is 127. The second kappa shape index (κ2) is 6.17. The second-order valence-corrected chi connectivity index (χ2v) is 4.09. The summed E-state index contributed by atoms with van der Waals surface area (Å²) in [5.74, 6) is -9.83. The third kappa shape index (κ3) is 3.01. The Balaban J connectivity index is 3.40. The molecule has 18 heavy (non-hydrogen) atoms. The van der Waals surface area contributed by atoms with Crippen LogP contribution in [0.2, 0.25) is 0 Å². The van der Waals surface area contributed by atoms with Crippen molar-refractivity contribution in [3.8, 4) is 0 Å². The Bertz CT molecular complexity index is 476. The fourth-order valence-electron chi connectivity index (χ4n) is 1.43. The molecule has 0 aliphatic carbocycles. The molecule has 0 aromatic heterocycles. The van der Waals surface area contributed by atoms with Gasteiger partial charge in [0.05, 0.1) is 5.92 Å². The fourth-order valence-corrected chi connectivity index (χ4v) is 1.72. The third-order valence-corrected chi connectivity index (χ3v) is 2.76. The molecule has 98 valence electrons. The maximum absolute atomic E-state index is 13.4. The van der Waals surface area contributed by atoms with Crippen molar-refractivity contribution < 1.29 is 27.5 Å². The molecule has 1 aromatic carbocycles. The van der Waals surface area contributed by atoms with Gasteiger partial charge in [0.2, 0.25) is 0 Å². The van der Waals surface area contributed by atoms with Gasteiger partial charge in [0, 0.05) is 11.6 Å². The smallest absolute Gasteiger partial charge is 0.311 e. The zero-order valence-electron chi connectivity index (χ0n) is 8.76. The molecule has 1 N–H and O–H groups in total. The van der Waals surface area contributed by atoms with Crippen LogP contribution in [0.4, 0.5) is 17.6 Å². The molecule has 0 spiro atoms. The summed E-state index contributed by atoms with van der Waals surface area (Å²) in [6.45, 7) is 0. The number of rotatable bonds is 4. The molecule has 2 nitrogen and oxygen atoms in total. The van der Waals surface area contributed by atoms with E-state index in [1.165, 1.54) is 10.2 Å². The van der Waals surface area contributed by atoms with Crippen LogP contribution in [-0.4, -0.2) is 11.1 Å². The molecule has 0 saturated heterocycles. The lowest BCUT2D eigenvalue weighted by atomic mass is 9.94. The van der Waals surface area contributed by atoms with Crippen molar-refractivity contribution in [1.82, 2.24) is 0 Å². The lowest BCUT2D eigenvalue weighted by Crippen LogP contribution is -2.16. The van der Waals surface area contributed by atoms with Gasteiger partial charge in [-0.3, -0.25) is 4.79 Å². The number of carboxylic acid groups (broad SMARTS) is 1. The van der Waals surface area contributed by atoms with Crippen LogP contribution in [0.1, 0.15) is 17.9 Å². The molecule has 7 heteroatoms. The van der Waals surface area contributed by atoms with Crippen LogP contribution < -0.4 is 0 Å². The number of carbonyl (C=O) groups is 1. The monoisotopic (exact) mass is 374 g/mol. The molecular weight excluding hydrogens is 367 g/mol. The maximum atomic E-state index is 13.4. The molecule has 1 aromatic rings. The summed E-state index contributed by atoms with van der Waals surface area (Å²) in [7, 11) is 0. The first-order chi connectivity index (χ1) is 8.40. The summed E-state index contributed by atoms with van der Waals surface area (Å²) in [5, 5.41) is 8.87. The minimum Gasteiger partial charge on any atom is -0.481 e. The van der Waals surface area contributed by atoms with Crippen LogP contribution in [-0.2, 0) is 4.79 Å². The van der Waals surface area contributed by atoms with Gasteiger partial charge >= 0.3 is 5.97 Å². The lowest BCUT2D eigenvalue weighted by Gasteiger charge is -2.13. The van der Waals surface area contributed by atoms with E-state index < -0.39 is 40.7 Å². The number of hydrogen-bond acceptors (Lipinski definition) is 1. The number of halogens is 5. The normalized spacial score (nSPS) is 12.9. The molecule has 0 heterocycles. The molecule has 1 unspecified atom stereocenters. The van der Waals surface area contributed by atoms with E-state index in [0.717, 1.165) is 0 Å². The van der Waals surface area contributed by atoms with E-state index in [4.69, 9.17) is 5.11 Å². The van der Waals surface area contributed by atoms with Gasteiger partial charge in [0.1, 0.15) is 0 Å². The lowest BCUT2D eigenvalue weighted by molar-refractivity contribution is -0.138. The summed E-state index contributed by atoms with van der Waals surface area (Å²) >= 11 is 1.79. The van der Waals surface area contributed by atoms with E-state index in [-0.39, 0.29) is 12.5 Å². The first-order valence-electron chi connectivity index (χ1n) is 4.71. The van der Waals surface area contributed by atoms with Gasteiger partial charge < -0.3 is 5.11 Å². The third-order valence-electron chi connectivity index (χ3n) is 2.25. The van der Waals surface area contributed by atoms with Crippen molar-refractivity contribution in [3.63, 3.8) is 0 Å². The first-order valence-corrected chi connectivity index (χ1v) is 5.95. The summed E-state index contributed by atoms with van der Waals surface area (Å²) < 4.78 is 54.2. The van der Waals surface area contributed by atoms with Gasteiger partial charge in [0.15, 0.2) is 23.3 Å². The van der Waals surface area contributed by atoms with E-state index in [1.807, 2.05) is 0 Å². The van der Waals surface area contributed by atoms with Crippen LogP contribution in [0.5, 0.6) is 0 Å². The summed E-state index contributed by atoms with van der Waals surface area (Å²) in [4.78, 5) is 10.9. The Morgan fingerprint density at radius 1 is 1.28 bits per heavy atom. The zero-order valence-corrected chi connectivity index (χ0v) is 10.9. The number of allylic oxidation sites excluding steroid dienone is 1. The molecule has 0 fully saturated rings. The average Bonchev–Trinajstić information content (AvgIpc) is 2.30. The number of carboxylic acids is 1. The van der Waals surface area contributed by atoms with Gasteiger partial charge in [-0.2, -0.15) is 0 Å². The fraction of sp³-hybridized carbons (Fsp3) is 0.182. The van der Waals surface area contributed by atoms with Crippen molar-refractivity contribution in [3.05, 3.63) is 45.1 Å². The number of aliphatic carboxylic acids is 1. The Morgan fingerprint density at radius 2 is 1.78 bits per heavy atom. The Labute approximate surface area is 113 Å². The van der Waals surface area contributed by atoms with E-state index in [1.54, 1.807) is 22.6 Å². The molecule has 1 atom stereocenters. The van der Waals surface area contributed by atoms with Crippen LogP contribution in [0, 0.1) is 23.3 Å². The minimum absolute atomic E-state index is 0.0429. The van der Waals surface area contributed by atoms with Gasteiger partial charge in [-0.25, -0.2) is 17.6 Å². The van der Waals surface area contributed by atoms with Crippen LogP contribution in [0.15, 0.2) is 16.2 Å². The van der Waals surface area contributed by atoms with Gasteiger partial charge in [-0.1, -0.05) is 28.7 Å². The first kappa shape index (κ1) is 14.9. The van der Waals surface area contributed by atoms with Crippen molar-refractivity contribution in [2.75, 3.05) is 0 Å². The molecule has 0 radical (unpaired) electrons. The molecule has 0 saturated carbocycles.